The number of hydrogen-bond donors (Lipinski definition) is 2. The molecule has 0 unspecified atom stereocenters. The summed E-state index contributed by atoms with van der Waals surface area (Å²) in [6.07, 6.45) is 1.36. The van der Waals surface area contributed by atoms with Crippen LogP contribution in [0.2, 0.25) is 0 Å². The third kappa shape index (κ3) is 3.16. The van der Waals surface area contributed by atoms with E-state index in [1.807, 2.05) is 0 Å². The molecule has 1 aromatic carbocycles. The average molecular weight is 330 g/mol. The van der Waals surface area contributed by atoms with Crippen LogP contribution in [0, 0.1) is 6.92 Å². The van der Waals surface area contributed by atoms with Crippen molar-refractivity contribution < 1.29 is 8.42 Å². The summed E-state index contributed by atoms with van der Waals surface area (Å²) in [6.45, 7) is 1.76. The van der Waals surface area contributed by atoms with Crippen LogP contribution in [0.15, 0.2) is 64.4 Å². The Morgan fingerprint density at radius 2 is 1.87 bits per heavy atom. The van der Waals surface area contributed by atoms with Crippen molar-refractivity contribution in [3.63, 3.8) is 0 Å². The van der Waals surface area contributed by atoms with Crippen LogP contribution in [0.4, 0.5) is 5.69 Å². The maximum absolute atomic E-state index is 12.2. The fourth-order valence-electron chi connectivity index (χ4n) is 2.08. The second kappa shape index (κ2) is 5.73. The Bertz CT molecular complexity index is 974. The van der Waals surface area contributed by atoms with Gasteiger partial charge in [0.25, 0.3) is 15.6 Å². The molecule has 2 N–H and O–H groups in total. The number of aromatic nitrogens is 3. The summed E-state index contributed by atoms with van der Waals surface area (Å²) >= 11 is 0. The van der Waals surface area contributed by atoms with E-state index in [1.165, 1.54) is 29.1 Å². The molecule has 0 fully saturated rings. The summed E-state index contributed by atoms with van der Waals surface area (Å²) in [6, 6.07) is 12.6. The van der Waals surface area contributed by atoms with Crippen LogP contribution in [0.3, 0.4) is 0 Å². The number of nitrogens with zero attached hydrogens (tertiary/aromatic N) is 2. The van der Waals surface area contributed by atoms with Gasteiger partial charge in [0.15, 0.2) is 5.82 Å². The van der Waals surface area contributed by atoms with Crippen LogP contribution < -0.4 is 10.3 Å². The van der Waals surface area contributed by atoms with Gasteiger partial charge in [-0.15, -0.1) is 0 Å². The van der Waals surface area contributed by atoms with Gasteiger partial charge in [-0.05, 0) is 31.2 Å². The Labute approximate surface area is 132 Å². The first-order valence-corrected chi connectivity index (χ1v) is 8.27. The fraction of sp³-hybridized carbons (Fsp3) is 0.0667. The molecule has 3 rings (SSSR count). The number of benzene rings is 1. The lowest BCUT2D eigenvalue weighted by molar-refractivity contribution is 0.601. The first kappa shape index (κ1) is 15.0. The third-order valence-electron chi connectivity index (χ3n) is 3.13. The zero-order valence-corrected chi connectivity index (χ0v) is 13.0. The van der Waals surface area contributed by atoms with Gasteiger partial charge in [-0.25, -0.2) is 18.1 Å². The van der Waals surface area contributed by atoms with E-state index in [2.05, 4.69) is 14.8 Å². The van der Waals surface area contributed by atoms with Crippen molar-refractivity contribution in [1.29, 1.82) is 0 Å². The summed E-state index contributed by atoms with van der Waals surface area (Å²) in [4.78, 5) is 16.0. The zero-order valence-electron chi connectivity index (χ0n) is 12.2. The van der Waals surface area contributed by atoms with E-state index in [-0.39, 0.29) is 10.5 Å². The minimum Gasteiger partial charge on any atom is -0.294 e. The highest BCUT2D eigenvalue weighted by atomic mass is 32.2. The van der Waals surface area contributed by atoms with Gasteiger partial charge in [0.1, 0.15) is 0 Å². The van der Waals surface area contributed by atoms with Gasteiger partial charge < -0.3 is 0 Å². The first-order valence-electron chi connectivity index (χ1n) is 6.79. The predicted molar refractivity (Wildman–Crippen MR) is 86.2 cm³/mol. The van der Waals surface area contributed by atoms with E-state index >= 15 is 0 Å². The van der Waals surface area contributed by atoms with Crippen molar-refractivity contribution in [1.82, 2.24) is 14.8 Å². The number of aromatic amines is 1. The summed E-state index contributed by atoms with van der Waals surface area (Å²) in [5, 5.41) is 2.86. The van der Waals surface area contributed by atoms with E-state index in [0.717, 1.165) is 0 Å². The van der Waals surface area contributed by atoms with E-state index in [1.54, 1.807) is 37.3 Å². The molecule has 0 atom stereocenters. The van der Waals surface area contributed by atoms with Gasteiger partial charge in [0.05, 0.1) is 16.8 Å². The molecule has 8 heteroatoms. The Morgan fingerprint density at radius 1 is 1.13 bits per heavy atom. The summed E-state index contributed by atoms with van der Waals surface area (Å²) in [5.74, 6) is 0.380. The number of rotatable bonds is 4. The lowest BCUT2D eigenvalue weighted by atomic mass is 10.4. The molecular weight excluding hydrogens is 316 g/mol. The van der Waals surface area contributed by atoms with Gasteiger partial charge >= 0.3 is 0 Å². The second-order valence-corrected chi connectivity index (χ2v) is 6.62. The monoisotopic (exact) mass is 330 g/mol. The molecule has 118 valence electrons. The van der Waals surface area contributed by atoms with Crippen LogP contribution in [0.5, 0.6) is 0 Å². The van der Waals surface area contributed by atoms with Crippen LogP contribution in [-0.2, 0) is 10.0 Å². The van der Waals surface area contributed by atoms with Crippen molar-refractivity contribution in [2.75, 3.05) is 4.72 Å². The van der Waals surface area contributed by atoms with Gasteiger partial charge in [-0.3, -0.25) is 14.6 Å². The smallest absolute Gasteiger partial charge is 0.272 e. The molecule has 0 spiro atoms. The van der Waals surface area contributed by atoms with E-state index < -0.39 is 10.0 Å². The Morgan fingerprint density at radius 3 is 2.43 bits per heavy atom. The van der Waals surface area contributed by atoms with Crippen molar-refractivity contribution >= 4 is 15.7 Å². The number of hydrogen-bond acceptors (Lipinski definition) is 4. The molecular formula is C15H14N4O3S. The predicted octanol–water partition coefficient (Wildman–Crippen LogP) is 1.67. The van der Waals surface area contributed by atoms with Crippen LogP contribution >= 0.6 is 0 Å². The molecule has 0 radical (unpaired) electrons. The van der Waals surface area contributed by atoms with Crippen molar-refractivity contribution in [3.05, 3.63) is 70.8 Å². The molecule has 7 nitrogen and oxygen atoms in total. The van der Waals surface area contributed by atoms with Gasteiger partial charge in [0.2, 0.25) is 0 Å². The maximum atomic E-state index is 12.2. The summed E-state index contributed by atoms with van der Waals surface area (Å²) < 4.78 is 28.2. The van der Waals surface area contributed by atoms with Gasteiger partial charge in [0, 0.05) is 11.8 Å². The van der Waals surface area contributed by atoms with Crippen LogP contribution in [0.25, 0.3) is 5.82 Å². The Hall–Kier alpha value is -2.87. The third-order valence-corrected chi connectivity index (χ3v) is 4.53. The second-order valence-electron chi connectivity index (χ2n) is 4.94. The highest BCUT2D eigenvalue weighted by Crippen LogP contribution is 2.15. The van der Waals surface area contributed by atoms with Gasteiger partial charge in [-0.2, -0.15) is 0 Å². The maximum Gasteiger partial charge on any atom is 0.272 e. The molecule has 0 bridgehead atoms. The van der Waals surface area contributed by atoms with E-state index in [4.69, 9.17) is 0 Å². The summed E-state index contributed by atoms with van der Waals surface area (Å²) in [7, 11) is -3.66. The standard InChI is InChI=1S/C15H14N4O3S/c1-11-9-15(20)19(17-11)14-8-7-12(10-16-14)18-23(21,22)13-5-3-2-4-6-13/h2-10,17-18H,1H3. The highest BCUT2D eigenvalue weighted by Gasteiger charge is 2.13. The first-order chi connectivity index (χ1) is 11.0. The SMILES string of the molecule is Cc1cc(=O)n(-c2ccc(NS(=O)(=O)c3ccccc3)cn2)[nH]1. The molecule has 2 aromatic heterocycles. The molecule has 23 heavy (non-hydrogen) atoms. The molecule has 2 heterocycles. The zero-order chi connectivity index (χ0) is 16.4. The van der Waals surface area contributed by atoms with Crippen LogP contribution in [0.1, 0.15) is 5.69 Å². The van der Waals surface area contributed by atoms with Crippen molar-refractivity contribution in [3.8, 4) is 5.82 Å². The number of pyridine rings is 1. The van der Waals surface area contributed by atoms with Crippen molar-refractivity contribution in [2.24, 2.45) is 0 Å². The number of H-pyrrole nitrogens is 1. The lowest BCUT2D eigenvalue weighted by Crippen LogP contribution is -2.16. The van der Waals surface area contributed by atoms with E-state index in [9.17, 15) is 13.2 Å². The number of aryl methyl sites for hydroxylation is 1. The van der Waals surface area contributed by atoms with E-state index in [0.29, 0.717) is 17.2 Å². The number of anilines is 1. The average Bonchev–Trinajstić information content (AvgIpc) is 2.87. The minimum absolute atomic E-state index is 0.167. The molecule has 0 saturated carbocycles. The van der Waals surface area contributed by atoms with Crippen LogP contribution in [-0.4, -0.2) is 23.2 Å². The number of sulfonamides is 1. The normalized spacial score (nSPS) is 11.3. The fourth-order valence-corrected chi connectivity index (χ4v) is 3.14. The van der Waals surface area contributed by atoms with Gasteiger partial charge in [-0.1, -0.05) is 18.2 Å². The largest absolute Gasteiger partial charge is 0.294 e. The quantitative estimate of drug-likeness (QED) is 0.760. The molecule has 0 aliphatic heterocycles. The van der Waals surface area contributed by atoms with Crippen molar-refractivity contribution in [2.45, 2.75) is 11.8 Å². The molecule has 0 aliphatic rings. The highest BCUT2D eigenvalue weighted by molar-refractivity contribution is 7.92. The number of nitrogens with one attached hydrogen (secondary N) is 2. The Balaban J connectivity index is 1.86. The minimum atomic E-state index is -3.66. The lowest BCUT2D eigenvalue weighted by Gasteiger charge is -2.08. The summed E-state index contributed by atoms with van der Waals surface area (Å²) in [5.41, 5.74) is 0.798. The molecule has 0 saturated heterocycles. The topological polar surface area (TPSA) is 96.8 Å². The molecule has 0 aliphatic carbocycles. The Kier molecular flexibility index (Phi) is 3.75. The molecule has 0 amide bonds. The molecule has 3 aromatic rings.